The van der Waals surface area contributed by atoms with Crippen LogP contribution in [0.2, 0.25) is 0 Å². The van der Waals surface area contributed by atoms with Crippen LogP contribution in [0.15, 0.2) is 45.3 Å². The predicted molar refractivity (Wildman–Crippen MR) is 90.1 cm³/mol. The monoisotopic (exact) mass is 414 g/mol. The minimum absolute atomic E-state index is 0.0588. The molecule has 2 N–H and O–H groups in total. The van der Waals surface area contributed by atoms with Crippen LogP contribution >= 0.6 is 31.9 Å². The molecule has 0 aliphatic carbocycles. The highest BCUT2D eigenvalue weighted by atomic mass is 79.9. The Morgan fingerprint density at radius 1 is 1.14 bits per heavy atom. The molecule has 3 nitrogen and oxygen atoms in total. The van der Waals surface area contributed by atoms with Gasteiger partial charge in [0.15, 0.2) is 0 Å². The number of carbonyl (C=O) groups excluding carboxylic acids is 1. The second-order valence-corrected chi connectivity index (χ2v) is 6.17. The lowest BCUT2D eigenvalue weighted by molar-refractivity contribution is -0.114. The second-order valence-electron chi connectivity index (χ2n) is 4.46. The largest absolute Gasteiger partial charge is 0.376 e. The zero-order valence-electron chi connectivity index (χ0n) is 11.2. The van der Waals surface area contributed by atoms with Gasteiger partial charge < -0.3 is 10.6 Å². The van der Waals surface area contributed by atoms with Crippen LogP contribution in [0.25, 0.3) is 0 Å². The lowest BCUT2D eigenvalue weighted by Gasteiger charge is -2.11. The minimum atomic E-state index is -0.366. The van der Waals surface area contributed by atoms with E-state index < -0.39 is 0 Å². The van der Waals surface area contributed by atoms with Crippen molar-refractivity contribution in [1.29, 1.82) is 0 Å². The molecule has 0 aromatic heterocycles. The molecule has 21 heavy (non-hydrogen) atoms. The van der Waals surface area contributed by atoms with Crippen molar-refractivity contribution < 1.29 is 9.18 Å². The summed E-state index contributed by atoms with van der Waals surface area (Å²) >= 11 is 6.49. The average Bonchev–Trinajstić information content (AvgIpc) is 2.44. The molecule has 0 aliphatic rings. The van der Waals surface area contributed by atoms with Gasteiger partial charge in [0.25, 0.3) is 0 Å². The normalized spacial score (nSPS) is 10.3. The SMILES string of the molecule is Cc1cc(Br)c(F)cc1NCC(=O)Nc1ccccc1Br. The number of anilines is 2. The molecular formula is C15H13Br2FN2O. The first kappa shape index (κ1) is 16.0. The molecule has 0 unspecified atom stereocenters. The standard InChI is InChI=1S/C15H13Br2FN2O/c1-9-6-11(17)12(18)7-14(9)19-8-15(21)20-13-5-3-2-4-10(13)16/h2-7,19H,8H2,1H3,(H,20,21). The zero-order chi connectivity index (χ0) is 15.4. The van der Waals surface area contributed by atoms with Crippen molar-refractivity contribution in [3.05, 3.63) is 56.7 Å². The van der Waals surface area contributed by atoms with E-state index in [1.165, 1.54) is 6.07 Å². The van der Waals surface area contributed by atoms with Crippen molar-refractivity contribution in [2.45, 2.75) is 6.92 Å². The molecule has 0 spiro atoms. The quantitative estimate of drug-likeness (QED) is 0.759. The molecule has 110 valence electrons. The fraction of sp³-hybridized carbons (Fsp3) is 0.133. The van der Waals surface area contributed by atoms with Gasteiger partial charge in [-0.15, -0.1) is 0 Å². The van der Waals surface area contributed by atoms with Crippen LogP contribution in [0.3, 0.4) is 0 Å². The Balaban J connectivity index is 1.99. The zero-order valence-corrected chi connectivity index (χ0v) is 14.4. The van der Waals surface area contributed by atoms with Gasteiger partial charge in [-0.3, -0.25) is 4.79 Å². The van der Waals surface area contributed by atoms with E-state index in [4.69, 9.17) is 0 Å². The number of para-hydroxylation sites is 1. The van der Waals surface area contributed by atoms with Crippen molar-refractivity contribution in [3.8, 4) is 0 Å². The topological polar surface area (TPSA) is 41.1 Å². The summed E-state index contributed by atoms with van der Waals surface area (Å²) in [7, 11) is 0. The maximum Gasteiger partial charge on any atom is 0.243 e. The Morgan fingerprint density at radius 2 is 1.86 bits per heavy atom. The molecule has 0 atom stereocenters. The van der Waals surface area contributed by atoms with Gasteiger partial charge in [0.1, 0.15) is 5.82 Å². The summed E-state index contributed by atoms with van der Waals surface area (Å²) in [6.07, 6.45) is 0. The van der Waals surface area contributed by atoms with Crippen molar-refractivity contribution in [2.75, 3.05) is 17.2 Å². The van der Waals surface area contributed by atoms with Gasteiger partial charge in [-0.25, -0.2) is 4.39 Å². The van der Waals surface area contributed by atoms with E-state index in [1.54, 1.807) is 12.1 Å². The summed E-state index contributed by atoms with van der Waals surface area (Å²) in [4.78, 5) is 11.9. The average molecular weight is 416 g/mol. The van der Waals surface area contributed by atoms with Gasteiger partial charge in [-0.1, -0.05) is 12.1 Å². The molecule has 2 rings (SSSR count). The second kappa shape index (κ2) is 7.04. The Morgan fingerprint density at radius 3 is 2.57 bits per heavy atom. The summed E-state index contributed by atoms with van der Waals surface area (Å²) in [5.74, 6) is -0.570. The summed E-state index contributed by atoms with van der Waals surface area (Å²) in [5, 5.41) is 5.71. The number of nitrogens with one attached hydrogen (secondary N) is 2. The van der Waals surface area contributed by atoms with E-state index in [0.717, 1.165) is 10.0 Å². The van der Waals surface area contributed by atoms with Crippen LogP contribution in [0.5, 0.6) is 0 Å². The van der Waals surface area contributed by atoms with Gasteiger partial charge in [0, 0.05) is 10.2 Å². The Bertz CT molecular complexity index is 677. The van der Waals surface area contributed by atoms with Gasteiger partial charge in [-0.05, 0) is 68.6 Å². The van der Waals surface area contributed by atoms with Crippen molar-refractivity contribution in [2.24, 2.45) is 0 Å². The summed E-state index contributed by atoms with van der Waals surface area (Å²) in [6, 6.07) is 10.4. The molecule has 0 heterocycles. The minimum Gasteiger partial charge on any atom is -0.376 e. The highest BCUT2D eigenvalue weighted by Gasteiger charge is 2.08. The molecule has 6 heteroatoms. The maximum atomic E-state index is 13.5. The third-order valence-electron chi connectivity index (χ3n) is 2.85. The summed E-state index contributed by atoms with van der Waals surface area (Å²) in [5.41, 5.74) is 2.15. The lowest BCUT2D eigenvalue weighted by Crippen LogP contribution is -2.22. The van der Waals surface area contributed by atoms with Crippen LogP contribution in [-0.2, 0) is 4.79 Å². The first-order chi connectivity index (χ1) is 9.97. The van der Waals surface area contributed by atoms with E-state index in [0.29, 0.717) is 15.8 Å². The van der Waals surface area contributed by atoms with Gasteiger partial charge in [-0.2, -0.15) is 0 Å². The molecular weight excluding hydrogens is 403 g/mol. The number of hydrogen-bond donors (Lipinski definition) is 2. The van der Waals surface area contributed by atoms with E-state index in [-0.39, 0.29) is 18.3 Å². The van der Waals surface area contributed by atoms with Crippen LogP contribution in [0.4, 0.5) is 15.8 Å². The van der Waals surface area contributed by atoms with Crippen molar-refractivity contribution in [1.82, 2.24) is 0 Å². The maximum absolute atomic E-state index is 13.5. The molecule has 1 amide bonds. The molecule has 0 aliphatic heterocycles. The number of amides is 1. The molecule has 0 bridgehead atoms. The van der Waals surface area contributed by atoms with E-state index in [1.807, 2.05) is 25.1 Å². The molecule has 0 radical (unpaired) electrons. The van der Waals surface area contributed by atoms with Crippen LogP contribution in [0, 0.1) is 12.7 Å². The summed E-state index contributed by atoms with van der Waals surface area (Å²) < 4.78 is 14.7. The van der Waals surface area contributed by atoms with Crippen LogP contribution in [-0.4, -0.2) is 12.5 Å². The number of halogens is 3. The Kier molecular flexibility index (Phi) is 5.36. The Hall–Kier alpha value is -1.40. The highest BCUT2D eigenvalue weighted by Crippen LogP contribution is 2.24. The van der Waals surface area contributed by atoms with E-state index >= 15 is 0 Å². The lowest BCUT2D eigenvalue weighted by atomic mass is 10.2. The number of hydrogen-bond acceptors (Lipinski definition) is 2. The fourth-order valence-electron chi connectivity index (χ4n) is 1.77. The molecule has 0 saturated carbocycles. The van der Waals surface area contributed by atoms with Crippen LogP contribution in [0.1, 0.15) is 5.56 Å². The number of rotatable bonds is 4. The first-order valence-electron chi connectivity index (χ1n) is 6.21. The third kappa shape index (κ3) is 4.28. The fourth-order valence-corrected chi connectivity index (χ4v) is 2.61. The van der Waals surface area contributed by atoms with Crippen molar-refractivity contribution in [3.63, 3.8) is 0 Å². The molecule has 0 fully saturated rings. The highest BCUT2D eigenvalue weighted by molar-refractivity contribution is 9.10. The molecule has 0 saturated heterocycles. The van der Waals surface area contributed by atoms with Crippen LogP contribution < -0.4 is 10.6 Å². The predicted octanol–water partition coefficient (Wildman–Crippen LogP) is 4.71. The number of benzene rings is 2. The van der Waals surface area contributed by atoms with Gasteiger partial charge >= 0.3 is 0 Å². The van der Waals surface area contributed by atoms with Gasteiger partial charge in [0.05, 0.1) is 16.7 Å². The van der Waals surface area contributed by atoms with E-state index in [2.05, 4.69) is 42.5 Å². The third-order valence-corrected chi connectivity index (χ3v) is 4.15. The molecule has 2 aromatic carbocycles. The Labute approximate surface area is 139 Å². The smallest absolute Gasteiger partial charge is 0.243 e. The molecule has 2 aromatic rings. The van der Waals surface area contributed by atoms with Gasteiger partial charge in [0.2, 0.25) is 5.91 Å². The van der Waals surface area contributed by atoms with Crippen molar-refractivity contribution >= 4 is 49.1 Å². The number of aryl methyl sites for hydroxylation is 1. The van der Waals surface area contributed by atoms with E-state index in [9.17, 15) is 9.18 Å². The number of carbonyl (C=O) groups is 1. The summed E-state index contributed by atoms with van der Waals surface area (Å²) in [6.45, 7) is 1.90. The first-order valence-corrected chi connectivity index (χ1v) is 7.80.